The fourth-order valence-corrected chi connectivity index (χ4v) is 1.71. The van der Waals surface area contributed by atoms with Crippen molar-refractivity contribution in [1.29, 1.82) is 0 Å². The van der Waals surface area contributed by atoms with Gasteiger partial charge in [0.15, 0.2) is 11.9 Å². The molecule has 0 amide bonds. The van der Waals surface area contributed by atoms with Gasteiger partial charge in [0.25, 0.3) is 0 Å². The maximum Gasteiger partial charge on any atom is 0.331 e. The quantitative estimate of drug-likeness (QED) is 0.300. The van der Waals surface area contributed by atoms with Crippen molar-refractivity contribution in [1.82, 2.24) is 0 Å². The number of carboxylic acids is 1. The van der Waals surface area contributed by atoms with Crippen LogP contribution in [0, 0.1) is 0 Å². The van der Waals surface area contributed by atoms with Gasteiger partial charge in [-0.3, -0.25) is 9.59 Å². The number of aliphatic hydroxyl groups excluding tert-OH is 1. The van der Waals surface area contributed by atoms with E-state index in [1.807, 2.05) is 0 Å². The SMILES string of the molecule is C=CC[C@@H](O)CC(=O)O[C@@H](C)C/C=C/C(=O)O[C@@H](C)C(=O)/C=C/C(=O)O. The molecule has 0 saturated heterocycles. The summed E-state index contributed by atoms with van der Waals surface area (Å²) >= 11 is 0. The summed E-state index contributed by atoms with van der Waals surface area (Å²) in [6, 6.07) is 0. The zero-order valence-electron chi connectivity index (χ0n) is 14.8. The van der Waals surface area contributed by atoms with Gasteiger partial charge in [0.1, 0.15) is 6.10 Å². The Balaban J connectivity index is 4.24. The highest BCUT2D eigenvalue weighted by atomic mass is 16.5. The summed E-state index contributed by atoms with van der Waals surface area (Å²) in [5.41, 5.74) is 0. The van der Waals surface area contributed by atoms with Gasteiger partial charge in [0.2, 0.25) is 0 Å². The number of hydrogen-bond donors (Lipinski definition) is 2. The van der Waals surface area contributed by atoms with Gasteiger partial charge in [0.05, 0.1) is 12.5 Å². The van der Waals surface area contributed by atoms with Crippen LogP contribution in [0.25, 0.3) is 0 Å². The van der Waals surface area contributed by atoms with Crippen molar-refractivity contribution in [3.8, 4) is 0 Å². The highest BCUT2D eigenvalue weighted by molar-refractivity contribution is 5.99. The Morgan fingerprint density at radius 3 is 2.27 bits per heavy atom. The van der Waals surface area contributed by atoms with Gasteiger partial charge < -0.3 is 19.7 Å². The molecule has 2 N–H and O–H groups in total. The molecule has 3 atom stereocenters. The summed E-state index contributed by atoms with van der Waals surface area (Å²) < 4.78 is 9.88. The first-order chi connectivity index (χ1) is 12.1. The first kappa shape index (κ1) is 23.3. The third-order valence-electron chi connectivity index (χ3n) is 2.98. The number of aliphatic carboxylic acids is 1. The van der Waals surface area contributed by atoms with E-state index >= 15 is 0 Å². The summed E-state index contributed by atoms with van der Waals surface area (Å²) in [6.07, 6.45) is 3.37. The smallest absolute Gasteiger partial charge is 0.331 e. The van der Waals surface area contributed by atoms with Gasteiger partial charge in [-0.2, -0.15) is 0 Å². The number of hydrogen-bond acceptors (Lipinski definition) is 7. The molecule has 0 aliphatic carbocycles. The molecule has 0 saturated carbocycles. The van der Waals surface area contributed by atoms with Gasteiger partial charge in [-0.15, -0.1) is 6.58 Å². The molecule has 0 heterocycles. The van der Waals surface area contributed by atoms with Crippen LogP contribution in [0.3, 0.4) is 0 Å². The first-order valence-corrected chi connectivity index (χ1v) is 7.96. The number of esters is 2. The molecule has 144 valence electrons. The van der Waals surface area contributed by atoms with Crippen LogP contribution >= 0.6 is 0 Å². The van der Waals surface area contributed by atoms with Crippen molar-refractivity contribution in [2.75, 3.05) is 0 Å². The summed E-state index contributed by atoms with van der Waals surface area (Å²) in [7, 11) is 0. The largest absolute Gasteiger partial charge is 0.478 e. The van der Waals surface area contributed by atoms with Crippen molar-refractivity contribution < 1.29 is 38.9 Å². The second-order valence-corrected chi connectivity index (χ2v) is 5.47. The van der Waals surface area contributed by atoms with Crippen LogP contribution in [-0.2, 0) is 28.7 Å². The number of rotatable bonds is 12. The number of carboxylic acid groups (broad SMARTS) is 1. The molecule has 0 aromatic carbocycles. The molecule has 0 aromatic heterocycles. The van der Waals surface area contributed by atoms with Gasteiger partial charge in [-0.1, -0.05) is 12.2 Å². The van der Waals surface area contributed by atoms with Crippen LogP contribution in [0.15, 0.2) is 37.0 Å². The molecule has 0 aliphatic rings. The summed E-state index contributed by atoms with van der Waals surface area (Å²) in [6.45, 7) is 6.40. The van der Waals surface area contributed by atoms with Crippen molar-refractivity contribution in [2.24, 2.45) is 0 Å². The summed E-state index contributed by atoms with van der Waals surface area (Å²) in [5.74, 6) is -3.28. The van der Waals surface area contributed by atoms with Gasteiger partial charge in [-0.05, 0) is 26.3 Å². The molecule has 0 radical (unpaired) electrons. The molecule has 0 aliphatic heterocycles. The Bertz CT molecular complexity index is 576. The van der Waals surface area contributed by atoms with E-state index in [-0.39, 0.29) is 19.3 Å². The zero-order valence-corrected chi connectivity index (χ0v) is 14.8. The van der Waals surface area contributed by atoms with Crippen LogP contribution in [0.5, 0.6) is 0 Å². The summed E-state index contributed by atoms with van der Waals surface area (Å²) in [4.78, 5) is 44.9. The molecular weight excluding hydrogens is 344 g/mol. The lowest BCUT2D eigenvalue weighted by Gasteiger charge is -2.13. The van der Waals surface area contributed by atoms with E-state index in [9.17, 15) is 24.3 Å². The van der Waals surface area contributed by atoms with Gasteiger partial charge in [0, 0.05) is 18.6 Å². The minimum atomic E-state index is -1.28. The maximum absolute atomic E-state index is 11.6. The lowest BCUT2D eigenvalue weighted by atomic mass is 10.2. The van der Waals surface area contributed by atoms with Crippen LogP contribution in [0.1, 0.15) is 33.1 Å². The number of carbonyl (C=O) groups is 4. The van der Waals surface area contributed by atoms with Crippen LogP contribution < -0.4 is 0 Å². The Hall–Kier alpha value is -2.74. The van der Waals surface area contributed by atoms with E-state index in [0.29, 0.717) is 6.08 Å². The molecule has 0 fully saturated rings. The Morgan fingerprint density at radius 2 is 1.69 bits per heavy atom. The fourth-order valence-electron chi connectivity index (χ4n) is 1.71. The average Bonchev–Trinajstić information content (AvgIpc) is 2.52. The molecule has 8 heteroatoms. The third-order valence-corrected chi connectivity index (χ3v) is 2.98. The molecule has 0 rings (SSSR count). The van der Waals surface area contributed by atoms with Crippen molar-refractivity contribution >= 4 is 23.7 Å². The second kappa shape index (κ2) is 12.6. The highest BCUT2D eigenvalue weighted by Crippen LogP contribution is 2.06. The highest BCUT2D eigenvalue weighted by Gasteiger charge is 2.15. The lowest BCUT2D eigenvalue weighted by molar-refractivity contribution is -0.150. The lowest BCUT2D eigenvalue weighted by Crippen LogP contribution is -2.22. The molecule has 0 aromatic rings. The van der Waals surface area contributed by atoms with E-state index < -0.39 is 42.0 Å². The average molecular weight is 368 g/mol. The Morgan fingerprint density at radius 1 is 1.04 bits per heavy atom. The summed E-state index contributed by atoms with van der Waals surface area (Å²) in [5, 5.41) is 17.9. The molecule has 8 nitrogen and oxygen atoms in total. The van der Waals surface area contributed by atoms with Crippen molar-refractivity contribution in [2.45, 2.75) is 51.4 Å². The number of ketones is 1. The van der Waals surface area contributed by atoms with Gasteiger partial charge >= 0.3 is 17.9 Å². The van der Waals surface area contributed by atoms with E-state index in [1.54, 1.807) is 6.92 Å². The normalized spacial score (nSPS) is 14.6. The van der Waals surface area contributed by atoms with Crippen molar-refractivity contribution in [3.63, 3.8) is 0 Å². The second-order valence-electron chi connectivity index (χ2n) is 5.47. The monoisotopic (exact) mass is 368 g/mol. The Kier molecular flexibility index (Phi) is 11.3. The van der Waals surface area contributed by atoms with E-state index in [0.717, 1.165) is 12.2 Å². The van der Waals surface area contributed by atoms with E-state index in [1.165, 1.54) is 19.1 Å². The minimum Gasteiger partial charge on any atom is -0.478 e. The fraction of sp³-hybridized carbons (Fsp3) is 0.444. The van der Waals surface area contributed by atoms with Crippen molar-refractivity contribution in [3.05, 3.63) is 37.0 Å². The van der Waals surface area contributed by atoms with Crippen LogP contribution in [0.2, 0.25) is 0 Å². The first-order valence-electron chi connectivity index (χ1n) is 7.96. The maximum atomic E-state index is 11.6. The topological polar surface area (TPSA) is 127 Å². The zero-order chi connectivity index (χ0) is 20.1. The molecule has 0 bridgehead atoms. The predicted octanol–water partition coefficient (Wildman–Crippen LogP) is 1.33. The molecular formula is C18H24O8. The number of ether oxygens (including phenoxy) is 2. The molecule has 26 heavy (non-hydrogen) atoms. The molecule has 0 unspecified atom stereocenters. The van der Waals surface area contributed by atoms with E-state index in [4.69, 9.17) is 14.6 Å². The molecule has 0 spiro atoms. The van der Waals surface area contributed by atoms with Crippen LogP contribution in [-0.4, -0.2) is 52.2 Å². The van der Waals surface area contributed by atoms with Gasteiger partial charge in [-0.25, -0.2) is 9.59 Å². The third kappa shape index (κ3) is 11.7. The number of aliphatic hydroxyl groups is 1. The minimum absolute atomic E-state index is 0.147. The Labute approximate surface area is 151 Å². The standard InChI is InChI=1S/C18H24O8/c1-4-6-14(19)11-18(24)25-12(2)7-5-8-17(23)26-13(3)15(20)9-10-16(21)22/h4-5,8-10,12-14,19H,1,6-7,11H2,2-3H3,(H,21,22)/b8-5+,10-9+/t12-,13-,14+/m0/s1. The van der Waals surface area contributed by atoms with Crippen LogP contribution in [0.4, 0.5) is 0 Å². The van der Waals surface area contributed by atoms with E-state index in [2.05, 4.69) is 6.58 Å². The predicted molar refractivity (Wildman–Crippen MR) is 92.1 cm³/mol. The number of carbonyl (C=O) groups excluding carboxylic acids is 3.